The van der Waals surface area contributed by atoms with Gasteiger partial charge in [-0.1, -0.05) is 13.0 Å². The van der Waals surface area contributed by atoms with Gasteiger partial charge in [-0.3, -0.25) is 14.6 Å². The molecule has 0 radical (unpaired) electrons. The number of nitrogens with two attached hydrogens (primary N) is 1. The molecular formula is C21H21F4N3O4. The lowest BCUT2D eigenvalue weighted by Crippen LogP contribution is -2.47. The van der Waals surface area contributed by atoms with E-state index in [-0.39, 0.29) is 22.7 Å². The molecule has 1 saturated heterocycles. The van der Waals surface area contributed by atoms with E-state index in [0.29, 0.717) is 0 Å². The number of methoxy groups -OCH3 is 1. The maximum absolute atomic E-state index is 13.9. The number of halogens is 4. The number of hydrogen-bond acceptors (Lipinski definition) is 5. The number of carbonyl (C=O) groups excluding carboxylic acids is 2. The fraction of sp³-hybridized carbons (Fsp3) is 0.381. The lowest BCUT2D eigenvalue weighted by Gasteiger charge is -2.32. The number of amides is 2. The third-order valence-electron chi connectivity index (χ3n) is 5.76. The van der Waals surface area contributed by atoms with Gasteiger partial charge in [-0.25, -0.2) is 4.39 Å². The van der Waals surface area contributed by atoms with Gasteiger partial charge in [0.1, 0.15) is 23.4 Å². The fourth-order valence-electron chi connectivity index (χ4n) is 3.84. The summed E-state index contributed by atoms with van der Waals surface area (Å²) in [6.45, 7) is 2.18. The molecule has 0 bridgehead atoms. The zero-order chi connectivity index (χ0) is 23.8. The van der Waals surface area contributed by atoms with Crippen LogP contribution in [0.1, 0.15) is 35.8 Å². The van der Waals surface area contributed by atoms with E-state index in [2.05, 4.69) is 10.3 Å². The van der Waals surface area contributed by atoms with Crippen molar-refractivity contribution in [1.29, 1.82) is 0 Å². The second kappa shape index (κ2) is 8.38. The van der Waals surface area contributed by atoms with Crippen molar-refractivity contribution in [2.24, 2.45) is 11.7 Å². The Balaban J connectivity index is 2.04. The number of nitrogens with zero attached hydrogens (tertiary/aromatic N) is 1. The zero-order valence-electron chi connectivity index (χ0n) is 17.4. The molecule has 0 unspecified atom stereocenters. The third-order valence-corrected chi connectivity index (χ3v) is 5.76. The number of benzene rings is 1. The molecule has 2 heterocycles. The van der Waals surface area contributed by atoms with Crippen LogP contribution in [0, 0.1) is 11.7 Å². The highest BCUT2D eigenvalue weighted by atomic mass is 19.4. The van der Waals surface area contributed by atoms with E-state index in [1.807, 2.05) is 0 Å². The van der Waals surface area contributed by atoms with Crippen molar-refractivity contribution >= 4 is 17.5 Å². The maximum atomic E-state index is 13.9. The Labute approximate surface area is 180 Å². The third kappa shape index (κ3) is 4.12. The molecule has 3 rings (SSSR count). The van der Waals surface area contributed by atoms with Gasteiger partial charge < -0.3 is 20.5 Å². The Bertz CT molecular complexity index is 1050. The van der Waals surface area contributed by atoms with Crippen molar-refractivity contribution in [2.75, 3.05) is 12.4 Å². The Morgan fingerprint density at radius 2 is 1.94 bits per heavy atom. The largest absolute Gasteiger partial charge is 0.496 e. The molecule has 1 aromatic heterocycles. The van der Waals surface area contributed by atoms with E-state index in [1.165, 1.54) is 38.4 Å². The molecule has 172 valence electrons. The molecule has 1 fully saturated rings. The van der Waals surface area contributed by atoms with Gasteiger partial charge in [0.15, 0.2) is 5.60 Å². The van der Waals surface area contributed by atoms with E-state index in [4.69, 9.17) is 15.2 Å². The van der Waals surface area contributed by atoms with Crippen LogP contribution in [0.5, 0.6) is 5.75 Å². The molecule has 1 aromatic carbocycles. The van der Waals surface area contributed by atoms with Crippen molar-refractivity contribution < 1.29 is 36.6 Å². The van der Waals surface area contributed by atoms with Crippen LogP contribution in [0.4, 0.5) is 23.2 Å². The van der Waals surface area contributed by atoms with Crippen molar-refractivity contribution in [3.8, 4) is 5.75 Å². The lowest BCUT2D eigenvalue weighted by atomic mass is 9.77. The van der Waals surface area contributed by atoms with Crippen molar-refractivity contribution in [3.05, 3.63) is 53.6 Å². The van der Waals surface area contributed by atoms with Gasteiger partial charge in [0.05, 0.1) is 7.11 Å². The van der Waals surface area contributed by atoms with Crippen LogP contribution in [0.15, 0.2) is 36.5 Å². The molecule has 2 aromatic rings. The van der Waals surface area contributed by atoms with Gasteiger partial charge in [-0.05, 0) is 25.1 Å². The van der Waals surface area contributed by atoms with Crippen molar-refractivity contribution in [1.82, 2.24) is 4.98 Å². The van der Waals surface area contributed by atoms with E-state index in [1.54, 1.807) is 0 Å². The maximum Gasteiger partial charge on any atom is 0.417 e. The average Bonchev–Trinajstić information content (AvgIpc) is 3.00. The quantitative estimate of drug-likeness (QED) is 0.673. The molecule has 11 heteroatoms. The van der Waals surface area contributed by atoms with Crippen LogP contribution in [0.25, 0.3) is 0 Å². The molecular weight excluding hydrogens is 434 g/mol. The summed E-state index contributed by atoms with van der Waals surface area (Å²) in [5.74, 6) is -4.72. The predicted molar refractivity (Wildman–Crippen MR) is 106 cm³/mol. The highest BCUT2D eigenvalue weighted by molar-refractivity contribution is 5.97. The summed E-state index contributed by atoms with van der Waals surface area (Å²) in [4.78, 5) is 28.1. The fourth-order valence-corrected chi connectivity index (χ4v) is 3.84. The van der Waals surface area contributed by atoms with Gasteiger partial charge in [-0.15, -0.1) is 0 Å². The number of primary amides is 1. The molecule has 4 atom stereocenters. The average molecular weight is 455 g/mol. The van der Waals surface area contributed by atoms with Crippen LogP contribution in [-0.2, 0) is 9.53 Å². The van der Waals surface area contributed by atoms with Crippen molar-refractivity contribution in [2.45, 2.75) is 37.6 Å². The minimum Gasteiger partial charge on any atom is -0.496 e. The normalized spacial score (nSPS) is 25.4. The molecule has 1 aliphatic heterocycles. The van der Waals surface area contributed by atoms with Gasteiger partial charge in [0.2, 0.25) is 0 Å². The van der Waals surface area contributed by atoms with Crippen LogP contribution in [0.3, 0.4) is 0 Å². The number of hydrogen-bond donors (Lipinski definition) is 2. The monoisotopic (exact) mass is 455 g/mol. The van der Waals surface area contributed by atoms with Crippen LogP contribution in [-0.4, -0.2) is 41.8 Å². The highest BCUT2D eigenvalue weighted by Gasteiger charge is 2.65. The topological polar surface area (TPSA) is 104 Å². The summed E-state index contributed by atoms with van der Waals surface area (Å²) in [6.07, 6.45) is -5.17. The summed E-state index contributed by atoms with van der Waals surface area (Å²) in [5, 5.41) is 2.44. The summed E-state index contributed by atoms with van der Waals surface area (Å²) in [6, 6.07) is 5.92. The zero-order valence-corrected chi connectivity index (χ0v) is 17.4. The SMILES string of the molecule is COc1cc(F)ccc1[C@H]1[C@@H](C)[C@@](C)(C(F)(F)F)O[C@H]1C(=O)Nc1ccnc(C(N)=O)c1. The predicted octanol–water partition coefficient (Wildman–Crippen LogP) is 3.41. The Kier molecular flexibility index (Phi) is 6.14. The molecule has 0 aliphatic carbocycles. The number of carbonyl (C=O) groups is 2. The molecule has 1 aliphatic rings. The summed E-state index contributed by atoms with van der Waals surface area (Å²) >= 11 is 0. The van der Waals surface area contributed by atoms with E-state index >= 15 is 0 Å². The number of nitrogens with one attached hydrogen (secondary N) is 1. The Morgan fingerprint density at radius 1 is 1.25 bits per heavy atom. The van der Waals surface area contributed by atoms with Gasteiger partial charge >= 0.3 is 6.18 Å². The van der Waals surface area contributed by atoms with E-state index in [9.17, 15) is 27.2 Å². The molecule has 7 nitrogen and oxygen atoms in total. The Hall–Kier alpha value is -3.21. The van der Waals surface area contributed by atoms with Crippen LogP contribution in [0.2, 0.25) is 0 Å². The first-order chi connectivity index (χ1) is 14.9. The first-order valence-corrected chi connectivity index (χ1v) is 9.53. The number of anilines is 1. The van der Waals surface area contributed by atoms with Crippen LogP contribution >= 0.6 is 0 Å². The van der Waals surface area contributed by atoms with Gasteiger partial charge in [0.25, 0.3) is 11.8 Å². The molecule has 3 N–H and O–H groups in total. The Morgan fingerprint density at radius 3 is 2.53 bits per heavy atom. The summed E-state index contributed by atoms with van der Waals surface area (Å²) in [7, 11) is 1.25. The van der Waals surface area contributed by atoms with Crippen LogP contribution < -0.4 is 15.8 Å². The van der Waals surface area contributed by atoms with Gasteiger partial charge in [0, 0.05) is 35.3 Å². The molecule has 2 amide bonds. The number of alkyl halides is 3. The first kappa shape index (κ1) is 23.5. The molecule has 0 saturated carbocycles. The first-order valence-electron chi connectivity index (χ1n) is 9.53. The van der Waals surface area contributed by atoms with Gasteiger partial charge in [-0.2, -0.15) is 13.2 Å². The minimum atomic E-state index is -4.79. The number of rotatable bonds is 5. The smallest absolute Gasteiger partial charge is 0.417 e. The summed E-state index contributed by atoms with van der Waals surface area (Å²) in [5.41, 5.74) is 2.67. The number of ether oxygens (including phenoxy) is 2. The second-order valence-electron chi connectivity index (χ2n) is 7.63. The number of aromatic nitrogens is 1. The van der Waals surface area contributed by atoms with E-state index in [0.717, 1.165) is 19.1 Å². The standard InChI is InChI=1S/C21H21F4N3O4/c1-10-16(13-5-4-11(22)8-15(13)31-3)17(32-20(10,2)21(23,24)25)19(30)28-12-6-7-27-14(9-12)18(26)29/h4-10,16-17H,1-3H3,(H2,26,29)(H,27,28,30)/t10-,16-,17-,20+/m1/s1. The lowest BCUT2D eigenvalue weighted by molar-refractivity contribution is -0.272. The van der Waals surface area contributed by atoms with Crippen molar-refractivity contribution in [3.63, 3.8) is 0 Å². The minimum absolute atomic E-state index is 0.00500. The van der Waals surface area contributed by atoms with E-state index < -0.39 is 47.3 Å². The molecule has 0 spiro atoms. The molecule has 32 heavy (non-hydrogen) atoms. The summed E-state index contributed by atoms with van der Waals surface area (Å²) < 4.78 is 66.0. The second-order valence-corrected chi connectivity index (χ2v) is 7.63. The highest BCUT2D eigenvalue weighted by Crippen LogP contribution is 2.54. The number of pyridine rings is 1.